The van der Waals surface area contributed by atoms with Crippen molar-refractivity contribution in [2.24, 2.45) is 0 Å². The van der Waals surface area contributed by atoms with E-state index in [1.54, 1.807) is 6.07 Å². The zero-order valence-electron chi connectivity index (χ0n) is 10.6. The Morgan fingerprint density at radius 2 is 2.17 bits per heavy atom. The highest BCUT2D eigenvalue weighted by Crippen LogP contribution is 2.29. The molecule has 0 unspecified atom stereocenters. The van der Waals surface area contributed by atoms with E-state index >= 15 is 0 Å². The first kappa shape index (κ1) is 12.6. The van der Waals surface area contributed by atoms with Gasteiger partial charge in [0.05, 0.1) is 31.1 Å². The lowest BCUT2D eigenvalue weighted by Gasteiger charge is -2.27. The molecule has 6 nitrogen and oxygen atoms in total. The standard InChI is InChI=1S/C12H18N4O2/c1-2-14-11-9-10(3-4-12(11)16(17)18)15-7-5-13-6-8-15/h3-4,9,13-14H,2,5-8H2,1H3/p+1. The Kier molecular flexibility index (Phi) is 3.99. The monoisotopic (exact) mass is 251 g/mol. The summed E-state index contributed by atoms with van der Waals surface area (Å²) < 4.78 is 0. The number of quaternary nitrogens is 1. The number of nitrogens with one attached hydrogen (secondary N) is 1. The van der Waals surface area contributed by atoms with E-state index in [-0.39, 0.29) is 10.6 Å². The molecule has 1 aromatic rings. The lowest BCUT2D eigenvalue weighted by molar-refractivity contribution is -0.655. The molecule has 18 heavy (non-hydrogen) atoms. The number of hydrogen-bond acceptors (Lipinski definition) is 4. The highest BCUT2D eigenvalue weighted by molar-refractivity contribution is 5.69. The van der Waals surface area contributed by atoms with Crippen molar-refractivity contribution < 1.29 is 10.2 Å². The molecule has 0 radical (unpaired) electrons. The van der Waals surface area contributed by atoms with Crippen LogP contribution >= 0.6 is 0 Å². The highest BCUT2D eigenvalue weighted by Gasteiger charge is 2.18. The molecule has 0 amide bonds. The van der Waals surface area contributed by atoms with E-state index in [2.05, 4.69) is 15.5 Å². The lowest BCUT2D eigenvalue weighted by Crippen LogP contribution is -2.89. The summed E-state index contributed by atoms with van der Waals surface area (Å²) in [5, 5.41) is 16.3. The van der Waals surface area contributed by atoms with Gasteiger partial charge in [0.2, 0.25) is 0 Å². The fourth-order valence-corrected chi connectivity index (χ4v) is 2.22. The molecule has 1 aliphatic rings. The maximum Gasteiger partial charge on any atom is 0.292 e. The van der Waals surface area contributed by atoms with Crippen LogP contribution in [0.15, 0.2) is 18.2 Å². The number of hydrogen-bond donors (Lipinski definition) is 2. The lowest BCUT2D eigenvalue weighted by atomic mass is 10.2. The van der Waals surface area contributed by atoms with Crippen LogP contribution in [0.1, 0.15) is 6.92 Å². The molecule has 1 saturated heterocycles. The van der Waals surface area contributed by atoms with Gasteiger partial charge in [0.15, 0.2) is 0 Å². The molecular formula is C12H19N4O2+. The summed E-state index contributed by atoms with van der Waals surface area (Å²) in [6.07, 6.45) is 0. The summed E-state index contributed by atoms with van der Waals surface area (Å²) in [4.78, 5) is 12.9. The molecule has 1 heterocycles. The minimum absolute atomic E-state index is 0.143. The molecule has 6 heteroatoms. The van der Waals surface area contributed by atoms with E-state index in [1.165, 1.54) is 0 Å². The number of benzene rings is 1. The second kappa shape index (κ2) is 5.68. The fraction of sp³-hybridized carbons (Fsp3) is 0.500. The number of piperazine rings is 1. The second-order valence-electron chi connectivity index (χ2n) is 4.34. The number of anilines is 2. The second-order valence-corrected chi connectivity index (χ2v) is 4.34. The maximum atomic E-state index is 10.9. The van der Waals surface area contributed by atoms with Gasteiger partial charge in [0, 0.05) is 18.3 Å². The Morgan fingerprint density at radius 3 is 2.78 bits per heavy atom. The first-order valence-electron chi connectivity index (χ1n) is 6.31. The van der Waals surface area contributed by atoms with E-state index in [4.69, 9.17) is 0 Å². The van der Waals surface area contributed by atoms with Crippen molar-refractivity contribution in [2.75, 3.05) is 42.9 Å². The topological polar surface area (TPSA) is 75.0 Å². The number of rotatable bonds is 4. The third-order valence-electron chi connectivity index (χ3n) is 3.12. The Balaban J connectivity index is 2.26. The van der Waals surface area contributed by atoms with Gasteiger partial charge in [0.1, 0.15) is 5.69 Å². The Hall–Kier alpha value is -1.82. The molecule has 98 valence electrons. The van der Waals surface area contributed by atoms with Gasteiger partial charge in [0.25, 0.3) is 5.69 Å². The average Bonchev–Trinajstić information content (AvgIpc) is 2.40. The van der Waals surface area contributed by atoms with Crippen LogP contribution in [0.4, 0.5) is 17.1 Å². The molecule has 0 bridgehead atoms. The van der Waals surface area contributed by atoms with E-state index in [0.29, 0.717) is 12.2 Å². The van der Waals surface area contributed by atoms with Crippen LogP contribution in [0.2, 0.25) is 0 Å². The third kappa shape index (κ3) is 2.70. The van der Waals surface area contributed by atoms with E-state index in [0.717, 1.165) is 31.9 Å². The van der Waals surface area contributed by atoms with Crippen molar-refractivity contribution in [3.05, 3.63) is 28.3 Å². The van der Waals surface area contributed by atoms with Gasteiger partial charge >= 0.3 is 0 Å². The van der Waals surface area contributed by atoms with Crippen LogP contribution in [0.25, 0.3) is 0 Å². The van der Waals surface area contributed by atoms with Gasteiger partial charge in [-0.05, 0) is 19.1 Å². The van der Waals surface area contributed by atoms with Crippen LogP contribution in [-0.2, 0) is 0 Å². The molecule has 0 saturated carbocycles. The van der Waals surface area contributed by atoms with Crippen LogP contribution in [0.3, 0.4) is 0 Å². The Labute approximate surface area is 106 Å². The quantitative estimate of drug-likeness (QED) is 0.600. The molecule has 2 rings (SSSR count). The first-order valence-corrected chi connectivity index (χ1v) is 6.31. The molecule has 0 aliphatic carbocycles. The molecule has 0 atom stereocenters. The minimum atomic E-state index is -0.342. The van der Waals surface area contributed by atoms with Crippen LogP contribution < -0.4 is 15.5 Å². The number of nitro groups is 1. The molecule has 1 fully saturated rings. The molecule has 0 aromatic heterocycles. The predicted octanol–water partition coefficient (Wildman–Crippen LogP) is 0.410. The van der Waals surface area contributed by atoms with Gasteiger partial charge < -0.3 is 15.5 Å². The molecule has 0 spiro atoms. The normalized spacial score (nSPS) is 15.5. The molecule has 1 aromatic carbocycles. The van der Waals surface area contributed by atoms with Crippen molar-refractivity contribution in [1.82, 2.24) is 0 Å². The van der Waals surface area contributed by atoms with Gasteiger partial charge in [-0.1, -0.05) is 0 Å². The van der Waals surface area contributed by atoms with E-state index < -0.39 is 0 Å². The zero-order valence-corrected chi connectivity index (χ0v) is 10.6. The molecular weight excluding hydrogens is 232 g/mol. The number of nitro benzene ring substituents is 1. The van der Waals surface area contributed by atoms with Crippen molar-refractivity contribution >= 4 is 17.1 Å². The Bertz CT molecular complexity index is 430. The van der Waals surface area contributed by atoms with Gasteiger partial charge in [-0.2, -0.15) is 0 Å². The average molecular weight is 251 g/mol. The third-order valence-corrected chi connectivity index (χ3v) is 3.12. The largest absolute Gasteiger partial charge is 0.380 e. The van der Waals surface area contributed by atoms with Gasteiger partial charge in [-0.15, -0.1) is 0 Å². The summed E-state index contributed by atoms with van der Waals surface area (Å²) in [7, 11) is 0. The van der Waals surface area contributed by atoms with E-state index in [1.807, 2.05) is 19.1 Å². The highest BCUT2D eigenvalue weighted by atomic mass is 16.6. The van der Waals surface area contributed by atoms with Crippen molar-refractivity contribution in [3.63, 3.8) is 0 Å². The summed E-state index contributed by atoms with van der Waals surface area (Å²) in [6, 6.07) is 5.31. The molecule has 1 aliphatic heterocycles. The van der Waals surface area contributed by atoms with Crippen molar-refractivity contribution in [3.8, 4) is 0 Å². The van der Waals surface area contributed by atoms with Crippen LogP contribution in [0, 0.1) is 10.1 Å². The zero-order chi connectivity index (χ0) is 13.0. The summed E-state index contributed by atoms with van der Waals surface area (Å²) in [6.45, 7) is 6.75. The van der Waals surface area contributed by atoms with Crippen molar-refractivity contribution in [2.45, 2.75) is 6.92 Å². The number of nitrogens with zero attached hydrogens (tertiary/aromatic N) is 2. The smallest absolute Gasteiger partial charge is 0.292 e. The first-order chi connectivity index (χ1) is 8.72. The number of nitrogens with two attached hydrogens (primary N) is 1. The van der Waals surface area contributed by atoms with Crippen molar-refractivity contribution in [1.29, 1.82) is 0 Å². The Morgan fingerprint density at radius 1 is 1.44 bits per heavy atom. The molecule has 3 N–H and O–H groups in total. The SMILES string of the molecule is CCNc1cc(N2CC[NH2+]CC2)ccc1[N+](=O)[O-]. The van der Waals surface area contributed by atoms with Crippen LogP contribution in [0.5, 0.6) is 0 Å². The minimum Gasteiger partial charge on any atom is -0.380 e. The van der Waals surface area contributed by atoms with Gasteiger partial charge in [-0.25, -0.2) is 0 Å². The van der Waals surface area contributed by atoms with E-state index in [9.17, 15) is 10.1 Å². The van der Waals surface area contributed by atoms with Crippen LogP contribution in [-0.4, -0.2) is 37.6 Å². The predicted molar refractivity (Wildman–Crippen MR) is 71.1 cm³/mol. The fourth-order valence-electron chi connectivity index (χ4n) is 2.22. The summed E-state index contributed by atoms with van der Waals surface area (Å²) >= 11 is 0. The maximum absolute atomic E-state index is 10.9. The van der Waals surface area contributed by atoms with Gasteiger partial charge in [-0.3, -0.25) is 10.1 Å². The summed E-state index contributed by atoms with van der Waals surface area (Å²) in [5.41, 5.74) is 1.81. The summed E-state index contributed by atoms with van der Waals surface area (Å²) in [5.74, 6) is 0.